The molecule has 0 atom stereocenters. The second kappa shape index (κ2) is 5.68. The molecule has 0 heterocycles. The van der Waals surface area contributed by atoms with Gasteiger partial charge in [0, 0.05) is 11.6 Å². The third-order valence-electron chi connectivity index (χ3n) is 2.70. The van der Waals surface area contributed by atoms with Crippen molar-refractivity contribution in [2.45, 2.75) is 77.7 Å². The molecule has 1 fully saturated rings. The fraction of sp³-hybridized carbons (Fsp3) is 1.00. The van der Waals surface area contributed by atoms with Gasteiger partial charge in [0.1, 0.15) is 0 Å². The Morgan fingerprint density at radius 3 is 2.06 bits per heavy atom. The summed E-state index contributed by atoms with van der Waals surface area (Å²) in [6, 6.07) is 0.628. The van der Waals surface area contributed by atoms with Crippen LogP contribution >= 0.6 is 0 Å². The molecule has 1 saturated carbocycles. The first-order chi connectivity index (χ1) is 7.66. The molecule has 0 spiro atoms. The minimum atomic E-state index is -0.0563. The number of rotatable bonds is 5. The molecule has 0 aliphatic heterocycles. The molecule has 0 bridgehead atoms. The summed E-state index contributed by atoms with van der Waals surface area (Å²) in [6.07, 6.45) is 2.69. The van der Waals surface area contributed by atoms with Crippen LogP contribution < -0.4 is 5.32 Å². The topological polar surface area (TPSA) is 30.5 Å². The van der Waals surface area contributed by atoms with Crippen LogP contribution in [-0.2, 0) is 9.47 Å². The fourth-order valence-electron chi connectivity index (χ4n) is 1.99. The highest BCUT2D eigenvalue weighted by Gasteiger charge is 2.32. The van der Waals surface area contributed by atoms with E-state index in [1.165, 1.54) is 0 Å². The summed E-state index contributed by atoms with van der Waals surface area (Å²) >= 11 is 0. The van der Waals surface area contributed by atoms with E-state index in [0.717, 1.165) is 12.8 Å². The predicted molar refractivity (Wildman–Crippen MR) is 71.4 cm³/mol. The average molecular weight is 243 g/mol. The van der Waals surface area contributed by atoms with Crippen LogP contribution in [0.5, 0.6) is 0 Å². The minimum Gasteiger partial charge on any atom is -0.376 e. The number of nitrogens with one attached hydrogen (secondary N) is 1. The van der Waals surface area contributed by atoms with Crippen molar-refractivity contribution in [2.75, 3.05) is 13.2 Å². The maximum Gasteiger partial charge on any atom is 0.0707 e. The van der Waals surface area contributed by atoms with Gasteiger partial charge in [0.25, 0.3) is 0 Å². The second-order valence-corrected chi connectivity index (χ2v) is 7.02. The Morgan fingerprint density at radius 2 is 1.59 bits per heavy atom. The molecule has 3 nitrogen and oxygen atoms in total. The minimum absolute atomic E-state index is 0.0563. The highest BCUT2D eigenvalue weighted by atomic mass is 16.5. The lowest BCUT2D eigenvalue weighted by atomic mass is 9.87. The first kappa shape index (κ1) is 14.9. The molecule has 1 aliphatic rings. The second-order valence-electron chi connectivity index (χ2n) is 7.02. The van der Waals surface area contributed by atoms with E-state index >= 15 is 0 Å². The molecule has 17 heavy (non-hydrogen) atoms. The molecular formula is C14H29NO2. The van der Waals surface area contributed by atoms with E-state index in [4.69, 9.17) is 9.47 Å². The van der Waals surface area contributed by atoms with Crippen LogP contribution in [0.4, 0.5) is 0 Å². The van der Waals surface area contributed by atoms with Crippen molar-refractivity contribution in [3.8, 4) is 0 Å². The Bertz CT molecular complexity index is 221. The summed E-state index contributed by atoms with van der Waals surface area (Å²) in [5.41, 5.74) is 0.157. The van der Waals surface area contributed by atoms with Gasteiger partial charge < -0.3 is 14.8 Å². The molecule has 0 saturated heterocycles. The zero-order chi connectivity index (χ0) is 13.1. The first-order valence-electron chi connectivity index (χ1n) is 6.69. The normalized spacial score (nSPS) is 25.8. The summed E-state index contributed by atoms with van der Waals surface area (Å²) in [6.45, 7) is 14.2. The zero-order valence-electron chi connectivity index (χ0n) is 12.3. The van der Waals surface area contributed by atoms with Gasteiger partial charge in [-0.05, 0) is 54.4 Å². The number of hydrogen-bond donors (Lipinski definition) is 1. The van der Waals surface area contributed by atoms with Crippen LogP contribution in [0.15, 0.2) is 0 Å². The summed E-state index contributed by atoms with van der Waals surface area (Å²) in [5.74, 6) is 0. The van der Waals surface area contributed by atoms with Crippen LogP contribution in [0, 0.1) is 0 Å². The fourth-order valence-corrected chi connectivity index (χ4v) is 1.99. The van der Waals surface area contributed by atoms with Gasteiger partial charge in [-0.2, -0.15) is 0 Å². The van der Waals surface area contributed by atoms with E-state index in [-0.39, 0.29) is 11.1 Å². The molecule has 0 aromatic heterocycles. The van der Waals surface area contributed by atoms with E-state index in [9.17, 15) is 0 Å². The molecule has 102 valence electrons. The van der Waals surface area contributed by atoms with Crippen LogP contribution in [0.2, 0.25) is 0 Å². The Morgan fingerprint density at radius 1 is 1.00 bits per heavy atom. The Kier molecular flexibility index (Phi) is 4.99. The summed E-state index contributed by atoms with van der Waals surface area (Å²) in [4.78, 5) is 0. The lowest BCUT2D eigenvalue weighted by molar-refractivity contribution is -0.0755. The molecule has 0 aromatic carbocycles. The zero-order valence-corrected chi connectivity index (χ0v) is 12.3. The van der Waals surface area contributed by atoms with E-state index in [2.05, 4.69) is 46.9 Å². The van der Waals surface area contributed by atoms with Gasteiger partial charge in [0.05, 0.1) is 24.9 Å². The monoisotopic (exact) mass is 243 g/mol. The first-order valence-corrected chi connectivity index (χ1v) is 6.69. The van der Waals surface area contributed by atoms with Crippen LogP contribution in [0.25, 0.3) is 0 Å². The van der Waals surface area contributed by atoms with Gasteiger partial charge in [-0.15, -0.1) is 0 Å². The average Bonchev–Trinajstić information content (AvgIpc) is 2.03. The smallest absolute Gasteiger partial charge is 0.0707 e. The number of hydrogen-bond acceptors (Lipinski definition) is 3. The Balaban J connectivity index is 1.99. The van der Waals surface area contributed by atoms with Gasteiger partial charge in [0.2, 0.25) is 0 Å². The summed E-state index contributed by atoms with van der Waals surface area (Å²) in [7, 11) is 0. The van der Waals surface area contributed by atoms with E-state index in [1.807, 2.05) is 0 Å². The molecule has 0 radical (unpaired) electrons. The van der Waals surface area contributed by atoms with Crippen molar-refractivity contribution in [2.24, 2.45) is 0 Å². The third-order valence-corrected chi connectivity index (χ3v) is 2.70. The standard InChI is InChI=1S/C14H29NO2/c1-13(2,3)15-11-9-12(10-11)16-7-8-17-14(4,5)6/h11-12,15H,7-10H2,1-6H3. The molecule has 0 aromatic rings. The summed E-state index contributed by atoms with van der Waals surface area (Å²) in [5, 5.41) is 3.59. The molecule has 3 heteroatoms. The molecule has 1 aliphatic carbocycles. The largest absolute Gasteiger partial charge is 0.376 e. The van der Waals surface area contributed by atoms with Crippen molar-refractivity contribution in [1.82, 2.24) is 5.32 Å². The third kappa shape index (κ3) is 7.02. The lowest BCUT2D eigenvalue weighted by Crippen LogP contribution is -2.52. The van der Waals surface area contributed by atoms with Crippen molar-refractivity contribution in [1.29, 1.82) is 0 Å². The van der Waals surface area contributed by atoms with Gasteiger partial charge >= 0.3 is 0 Å². The van der Waals surface area contributed by atoms with E-state index in [0.29, 0.717) is 25.4 Å². The molecular weight excluding hydrogens is 214 g/mol. The van der Waals surface area contributed by atoms with Crippen LogP contribution in [0.3, 0.4) is 0 Å². The molecule has 0 amide bonds. The molecule has 1 rings (SSSR count). The molecule has 1 N–H and O–H groups in total. The van der Waals surface area contributed by atoms with Crippen LogP contribution in [-0.4, -0.2) is 36.5 Å². The number of ether oxygens (including phenoxy) is 2. The van der Waals surface area contributed by atoms with Gasteiger partial charge in [-0.1, -0.05) is 0 Å². The Labute approximate surface area is 106 Å². The van der Waals surface area contributed by atoms with Crippen molar-refractivity contribution in [3.63, 3.8) is 0 Å². The lowest BCUT2D eigenvalue weighted by Gasteiger charge is -2.40. The van der Waals surface area contributed by atoms with Gasteiger partial charge in [-0.25, -0.2) is 0 Å². The van der Waals surface area contributed by atoms with Crippen molar-refractivity contribution in [3.05, 3.63) is 0 Å². The quantitative estimate of drug-likeness (QED) is 0.753. The van der Waals surface area contributed by atoms with Crippen molar-refractivity contribution < 1.29 is 9.47 Å². The summed E-state index contributed by atoms with van der Waals surface area (Å²) < 4.78 is 11.4. The highest BCUT2D eigenvalue weighted by molar-refractivity contribution is 4.90. The van der Waals surface area contributed by atoms with Crippen LogP contribution in [0.1, 0.15) is 54.4 Å². The maximum atomic E-state index is 5.75. The highest BCUT2D eigenvalue weighted by Crippen LogP contribution is 2.25. The molecule has 0 unspecified atom stereocenters. The van der Waals surface area contributed by atoms with Crippen molar-refractivity contribution >= 4 is 0 Å². The van der Waals surface area contributed by atoms with Gasteiger partial charge in [-0.3, -0.25) is 0 Å². The van der Waals surface area contributed by atoms with E-state index < -0.39 is 0 Å². The van der Waals surface area contributed by atoms with E-state index in [1.54, 1.807) is 0 Å². The SMILES string of the molecule is CC(C)(C)NC1CC(OCCOC(C)(C)C)C1. The van der Waals surface area contributed by atoms with Gasteiger partial charge in [0.15, 0.2) is 0 Å². The Hall–Kier alpha value is -0.120. The predicted octanol–water partition coefficient (Wildman–Crippen LogP) is 2.74. The maximum absolute atomic E-state index is 5.75.